The van der Waals surface area contributed by atoms with Gasteiger partial charge in [-0.15, -0.1) is 0 Å². The monoisotopic (exact) mass is 146 g/mol. The molecular formula is C11H14. The van der Waals surface area contributed by atoms with Crippen molar-refractivity contribution in [2.24, 2.45) is 0 Å². The molecule has 0 heteroatoms. The summed E-state index contributed by atoms with van der Waals surface area (Å²) >= 11 is 0. The fourth-order valence-corrected chi connectivity index (χ4v) is 1.28. The van der Waals surface area contributed by atoms with Crippen LogP contribution in [0.15, 0.2) is 48.1 Å². The Labute approximate surface area is 68.6 Å². The summed E-state index contributed by atoms with van der Waals surface area (Å²) in [5.41, 5.74) is 2.84. The number of allylic oxidation sites excluding steroid dienone is 7. The van der Waals surface area contributed by atoms with Gasteiger partial charge in [0, 0.05) is 0 Å². The Hall–Kier alpha value is -1.04. The molecule has 0 saturated heterocycles. The van der Waals surface area contributed by atoms with E-state index in [0.717, 1.165) is 12.8 Å². The summed E-state index contributed by atoms with van der Waals surface area (Å²) in [7, 11) is 0. The molecule has 0 radical (unpaired) electrons. The first kappa shape index (κ1) is 8.06. The van der Waals surface area contributed by atoms with Gasteiger partial charge in [-0.25, -0.2) is 0 Å². The predicted molar refractivity (Wildman–Crippen MR) is 50.4 cm³/mol. The molecule has 0 amide bonds. The number of hydrogen-bond acceptors (Lipinski definition) is 0. The van der Waals surface area contributed by atoms with E-state index in [0.29, 0.717) is 0 Å². The van der Waals surface area contributed by atoms with Crippen molar-refractivity contribution < 1.29 is 0 Å². The van der Waals surface area contributed by atoms with Crippen LogP contribution in [-0.2, 0) is 0 Å². The lowest BCUT2D eigenvalue weighted by atomic mass is 10.0. The lowest BCUT2D eigenvalue weighted by Crippen LogP contribution is -1.83. The van der Waals surface area contributed by atoms with Gasteiger partial charge in [-0.2, -0.15) is 0 Å². The third-order valence-corrected chi connectivity index (χ3v) is 1.88. The van der Waals surface area contributed by atoms with Crippen LogP contribution in [-0.4, -0.2) is 0 Å². The molecule has 0 saturated carbocycles. The number of hydrogen-bond donors (Lipinski definition) is 0. The molecule has 0 aliphatic heterocycles. The van der Waals surface area contributed by atoms with Gasteiger partial charge in [-0.1, -0.05) is 43.9 Å². The first-order valence-electron chi connectivity index (χ1n) is 4.06. The van der Waals surface area contributed by atoms with Crippen LogP contribution in [0.3, 0.4) is 0 Å². The van der Waals surface area contributed by atoms with Gasteiger partial charge in [-0.3, -0.25) is 0 Å². The van der Waals surface area contributed by atoms with Crippen molar-refractivity contribution in [1.29, 1.82) is 0 Å². The van der Waals surface area contributed by atoms with Gasteiger partial charge in [0.1, 0.15) is 0 Å². The predicted octanol–water partition coefficient (Wildman–Crippen LogP) is 3.40. The van der Waals surface area contributed by atoms with Crippen molar-refractivity contribution in [2.75, 3.05) is 0 Å². The first-order chi connectivity index (χ1) is 5.38. The molecule has 0 heterocycles. The maximum Gasteiger partial charge on any atom is -0.00916 e. The minimum Gasteiger partial charge on any atom is -0.0991 e. The van der Waals surface area contributed by atoms with Crippen molar-refractivity contribution in [3.63, 3.8) is 0 Å². The van der Waals surface area contributed by atoms with Gasteiger partial charge < -0.3 is 0 Å². The van der Waals surface area contributed by atoms with E-state index in [2.05, 4.69) is 37.8 Å². The zero-order valence-electron chi connectivity index (χ0n) is 7.01. The Morgan fingerprint density at radius 1 is 1.73 bits per heavy atom. The molecule has 0 N–H and O–H groups in total. The maximum atomic E-state index is 3.70. The molecule has 11 heavy (non-hydrogen) atoms. The molecule has 0 spiro atoms. The molecule has 0 bridgehead atoms. The van der Waals surface area contributed by atoms with E-state index in [-0.39, 0.29) is 0 Å². The Kier molecular flexibility index (Phi) is 2.91. The summed E-state index contributed by atoms with van der Waals surface area (Å²) in [6.07, 6.45) is 12.6. The molecule has 0 nitrogen and oxygen atoms in total. The topological polar surface area (TPSA) is 0 Å². The summed E-state index contributed by atoms with van der Waals surface area (Å²) < 4.78 is 0. The highest BCUT2D eigenvalue weighted by molar-refractivity contribution is 5.40. The quantitative estimate of drug-likeness (QED) is 0.535. The second-order valence-corrected chi connectivity index (χ2v) is 2.61. The summed E-state index contributed by atoms with van der Waals surface area (Å²) in [5.74, 6) is 0. The third-order valence-electron chi connectivity index (χ3n) is 1.88. The minimum absolute atomic E-state index is 1.09. The average molecular weight is 146 g/mol. The molecule has 0 fully saturated rings. The first-order valence-corrected chi connectivity index (χ1v) is 4.06. The fraction of sp³-hybridized carbons (Fsp3) is 0.273. The Balaban J connectivity index is 2.71. The van der Waals surface area contributed by atoms with E-state index < -0.39 is 0 Å². The van der Waals surface area contributed by atoms with E-state index in [1.54, 1.807) is 0 Å². The van der Waals surface area contributed by atoms with Crippen molar-refractivity contribution >= 4 is 0 Å². The molecular weight excluding hydrogens is 132 g/mol. The second-order valence-electron chi connectivity index (χ2n) is 2.61. The van der Waals surface area contributed by atoms with Gasteiger partial charge in [0.25, 0.3) is 0 Å². The van der Waals surface area contributed by atoms with E-state index in [4.69, 9.17) is 0 Å². The van der Waals surface area contributed by atoms with Crippen LogP contribution < -0.4 is 0 Å². The van der Waals surface area contributed by atoms with Crippen molar-refractivity contribution in [3.05, 3.63) is 48.1 Å². The van der Waals surface area contributed by atoms with E-state index in [1.165, 1.54) is 11.1 Å². The van der Waals surface area contributed by atoms with Crippen LogP contribution in [0.25, 0.3) is 0 Å². The van der Waals surface area contributed by atoms with E-state index in [9.17, 15) is 0 Å². The highest BCUT2D eigenvalue weighted by atomic mass is 14.1. The molecule has 1 rings (SSSR count). The van der Waals surface area contributed by atoms with Gasteiger partial charge >= 0.3 is 0 Å². The van der Waals surface area contributed by atoms with Crippen LogP contribution in [0.4, 0.5) is 0 Å². The molecule has 0 aromatic heterocycles. The van der Waals surface area contributed by atoms with Gasteiger partial charge in [0.15, 0.2) is 0 Å². The Morgan fingerprint density at radius 3 is 3.00 bits per heavy atom. The lowest BCUT2D eigenvalue weighted by molar-refractivity contribution is 1.08. The number of rotatable bonds is 3. The third kappa shape index (κ3) is 1.94. The van der Waals surface area contributed by atoms with Crippen LogP contribution in [0.2, 0.25) is 0 Å². The average Bonchev–Trinajstić information content (AvgIpc) is 2.52. The van der Waals surface area contributed by atoms with Crippen LogP contribution in [0, 0.1) is 0 Å². The van der Waals surface area contributed by atoms with Crippen LogP contribution >= 0.6 is 0 Å². The largest absolute Gasteiger partial charge is 0.0991 e. The fourth-order valence-electron chi connectivity index (χ4n) is 1.28. The lowest BCUT2D eigenvalue weighted by Gasteiger charge is -2.03. The van der Waals surface area contributed by atoms with Gasteiger partial charge in [-0.05, 0) is 24.0 Å². The van der Waals surface area contributed by atoms with E-state index in [1.807, 2.05) is 6.08 Å². The molecule has 0 aromatic carbocycles. The Morgan fingerprint density at radius 2 is 2.55 bits per heavy atom. The minimum atomic E-state index is 1.09. The van der Waals surface area contributed by atoms with Gasteiger partial charge in [0.05, 0.1) is 0 Å². The SMILES string of the molecule is C=CC=C(CC)C1=CC=CC1. The summed E-state index contributed by atoms with van der Waals surface area (Å²) in [5, 5.41) is 0. The summed E-state index contributed by atoms with van der Waals surface area (Å²) in [4.78, 5) is 0. The van der Waals surface area contributed by atoms with Crippen molar-refractivity contribution in [1.82, 2.24) is 0 Å². The highest BCUT2D eigenvalue weighted by Gasteiger charge is 2.02. The molecule has 58 valence electrons. The van der Waals surface area contributed by atoms with Crippen molar-refractivity contribution in [3.8, 4) is 0 Å². The standard InChI is InChI=1S/C11H14/c1-3-7-10(4-2)11-8-5-6-9-11/h3,5-8H,1,4,9H2,2H3. The van der Waals surface area contributed by atoms with Crippen molar-refractivity contribution in [2.45, 2.75) is 19.8 Å². The summed E-state index contributed by atoms with van der Waals surface area (Å²) in [6, 6.07) is 0. The summed E-state index contributed by atoms with van der Waals surface area (Å²) in [6.45, 7) is 5.87. The molecule has 0 unspecified atom stereocenters. The second kappa shape index (κ2) is 3.97. The molecule has 0 aromatic rings. The smallest absolute Gasteiger partial charge is 0.00916 e. The van der Waals surface area contributed by atoms with Gasteiger partial charge in [0.2, 0.25) is 0 Å². The zero-order chi connectivity index (χ0) is 8.10. The molecule has 1 aliphatic carbocycles. The highest BCUT2D eigenvalue weighted by Crippen LogP contribution is 2.21. The van der Waals surface area contributed by atoms with Crippen LogP contribution in [0.5, 0.6) is 0 Å². The molecule has 1 aliphatic rings. The zero-order valence-corrected chi connectivity index (χ0v) is 7.01. The molecule has 0 atom stereocenters. The Bertz CT molecular complexity index is 226. The van der Waals surface area contributed by atoms with E-state index >= 15 is 0 Å². The normalized spacial score (nSPS) is 16.8. The van der Waals surface area contributed by atoms with Crippen LogP contribution in [0.1, 0.15) is 19.8 Å². The maximum absolute atomic E-state index is 3.70.